The van der Waals surface area contributed by atoms with E-state index in [9.17, 15) is 8.42 Å². The first-order chi connectivity index (χ1) is 7.35. The molecule has 0 amide bonds. The Morgan fingerprint density at radius 3 is 2.38 bits per heavy atom. The molecule has 0 heterocycles. The van der Waals surface area contributed by atoms with E-state index >= 15 is 0 Å². The molecule has 90 valence electrons. The zero-order valence-corrected chi connectivity index (χ0v) is 10.7. The summed E-state index contributed by atoms with van der Waals surface area (Å²) in [5.74, 6) is 0. The van der Waals surface area contributed by atoms with E-state index in [1.54, 1.807) is 18.2 Å². The summed E-state index contributed by atoms with van der Waals surface area (Å²) >= 11 is 0. The van der Waals surface area contributed by atoms with Crippen LogP contribution in [0.2, 0.25) is 0 Å². The SMILES string of the molecule is CC(N)Cc1ccccc1S(=O)(=O)N(C)C. The molecule has 16 heavy (non-hydrogen) atoms. The highest BCUT2D eigenvalue weighted by molar-refractivity contribution is 7.89. The lowest BCUT2D eigenvalue weighted by Crippen LogP contribution is -2.25. The van der Waals surface area contributed by atoms with Crippen LogP contribution in [0.3, 0.4) is 0 Å². The van der Waals surface area contributed by atoms with Crippen molar-refractivity contribution in [2.45, 2.75) is 24.3 Å². The van der Waals surface area contributed by atoms with Gasteiger partial charge in [-0.1, -0.05) is 18.2 Å². The van der Waals surface area contributed by atoms with Crippen molar-refractivity contribution in [3.8, 4) is 0 Å². The molecule has 1 rings (SSSR count). The minimum absolute atomic E-state index is 0.0569. The highest BCUT2D eigenvalue weighted by atomic mass is 32.2. The molecule has 1 aromatic carbocycles. The van der Waals surface area contributed by atoms with E-state index in [-0.39, 0.29) is 6.04 Å². The van der Waals surface area contributed by atoms with Gasteiger partial charge in [0.1, 0.15) is 0 Å². The topological polar surface area (TPSA) is 63.4 Å². The summed E-state index contributed by atoms with van der Waals surface area (Å²) in [5, 5.41) is 0. The molecule has 0 fully saturated rings. The Morgan fingerprint density at radius 2 is 1.88 bits per heavy atom. The van der Waals surface area contributed by atoms with Crippen molar-refractivity contribution in [1.29, 1.82) is 0 Å². The number of sulfonamides is 1. The highest BCUT2D eigenvalue weighted by Crippen LogP contribution is 2.19. The number of nitrogens with zero attached hydrogens (tertiary/aromatic N) is 1. The van der Waals surface area contributed by atoms with E-state index in [0.717, 1.165) is 5.56 Å². The summed E-state index contributed by atoms with van der Waals surface area (Å²) in [5.41, 5.74) is 6.47. The van der Waals surface area contributed by atoms with Crippen molar-refractivity contribution in [2.75, 3.05) is 14.1 Å². The van der Waals surface area contributed by atoms with E-state index in [2.05, 4.69) is 0 Å². The molecule has 1 unspecified atom stereocenters. The molecule has 0 radical (unpaired) electrons. The fourth-order valence-corrected chi connectivity index (χ4v) is 2.59. The molecule has 0 saturated carbocycles. The van der Waals surface area contributed by atoms with Gasteiger partial charge in [-0.05, 0) is 25.0 Å². The third kappa shape index (κ3) is 2.81. The summed E-state index contributed by atoms with van der Waals surface area (Å²) in [6.07, 6.45) is 0.559. The first-order valence-electron chi connectivity index (χ1n) is 5.11. The predicted octanol–water partition coefficient (Wildman–Crippen LogP) is 0.827. The van der Waals surface area contributed by atoms with E-state index in [4.69, 9.17) is 5.73 Å². The number of benzene rings is 1. The van der Waals surface area contributed by atoms with Crippen molar-refractivity contribution in [3.05, 3.63) is 29.8 Å². The lowest BCUT2D eigenvalue weighted by atomic mass is 10.1. The van der Waals surface area contributed by atoms with Gasteiger partial charge in [0.2, 0.25) is 10.0 Å². The zero-order chi connectivity index (χ0) is 12.3. The standard InChI is InChI=1S/C11H18N2O2S/c1-9(12)8-10-6-4-5-7-11(10)16(14,15)13(2)3/h4-7,9H,8,12H2,1-3H3. The van der Waals surface area contributed by atoms with Gasteiger partial charge in [-0.2, -0.15) is 0 Å². The Morgan fingerprint density at radius 1 is 1.31 bits per heavy atom. The molecule has 1 aromatic rings. The zero-order valence-electron chi connectivity index (χ0n) is 9.84. The Balaban J connectivity index is 3.24. The van der Waals surface area contributed by atoms with Crippen LogP contribution in [0, 0.1) is 0 Å². The maximum Gasteiger partial charge on any atom is 0.242 e. The van der Waals surface area contributed by atoms with Crippen LogP contribution in [-0.2, 0) is 16.4 Å². The summed E-state index contributed by atoms with van der Waals surface area (Å²) in [7, 11) is -0.324. The van der Waals surface area contributed by atoms with Gasteiger partial charge in [0.15, 0.2) is 0 Å². The first kappa shape index (κ1) is 13.2. The van der Waals surface area contributed by atoms with Gasteiger partial charge in [0, 0.05) is 20.1 Å². The summed E-state index contributed by atoms with van der Waals surface area (Å²) in [6.45, 7) is 1.86. The minimum Gasteiger partial charge on any atom is -0.328 e. The average molecular weight is 242 g/mol. The average Bonchev–Trinajstić information content (AvgIpc) is 2.17. The third-order valence-electron chi connectivity index (χ3n) is 2.27. The molecule has 1 atom stereocenters. The highest BCUT2D eigenvalue weighted by Gasteiger charge is 2.20. The number of rotatable bonds is 4. The van der Waals surface area contributed by atoms with Crippen molar-refractivity contribution in [1.82, 2.24) is 4.31 Å². The lowest BCUT2D eigenvalue weighted by Gasteiger charge is -2.15. The van der Waals surface area contributed by atoms with Gasteiger partial charge < -0.3 is 5.73 Å². The first-order valence-corrected chi connectivity index (χ1v) is 6.55. The van der Waals surface area contributed by atoms with E-state index in [1.807, 2.05) is 13.0 Å². The minimum atomic E-state index is -3.38. The third-order valence-corrected chi connectivity index (χ3v) is 4.19. The molecule has 0 saturated heterocycles. The quantitative estimate of drug-likeness (QED) is 0.850. The molecule has 0 bridgehead atoms. The van der Waals surface area contributed by atoms with Crippen LogP contribution in [0.25, 0.3) is 0 Å². The van der Waals surface area contributed by atoms with Gasteiger partial charge in [-0.25, -0.2) is 12.7 Å². The Labute approximate surface area is 97.1 Å². The fourth-order valence-electron chi connectivity index (χ4n) is 1.47. The summed E-state index contributed by atoms with van der Waals surface area (Å²) in [4.78, 5) is 0.345. The van der Waals surface area contributed by atoms with Crippen LogP contribution < -0.4 is 5.73 Å². The van der Waals surface area contributed by atoms with Crippen LogP contribution in [0.4, 0.5) is 0 Å². The number of hydrogen-bond donors (Lipinski definition) is 1. The molecule has 0 aromatic heterocycles. The van der Waals surface area contributed by atoms with Crippen LogP contribution >= 0.6 is 0 Å². The van der Waals surface area contributed by atoms with Crippen molar-refractivity contribution < 1.29 is 8.42 Å². The largest absolute Gasteiger partial charge is 0.328 e. The normalized spacial score (nSPS) is 14.1. The molecule has 2 N–H and O–H groups in total. The molecule has 5 heteroatoms. The molecule has 0 aliphatic carbocycles. The molecule has 0 aliphatic rings. The number of hydrogen-bond acceptors (Lipinski definition) is 3. The van der Waals surface area contributed by atoms with Crippen molar-refractivity contribution >= 4 is 10.0 Å². The maximum absolute atomic E-state index is 12.0. The monoisotopic (exact) mass is 242 g/mol. The van der Waals surface area contributed by atoms with Gasteiger partial charge in [-0.3, -0.25) is 0 Å². The van der Waals surface area contributed by atoms with Crippen LogP contribution in [0.5, 0.6) is 0 Å². The van der Waals surface area contributed by atoms with E-state index in [1.165, 1.54) is 18.4 Å². The van der Waals surface area contributed by atoms with Gasteiger partial charge >= 0.3 is 0 Å². The second kappa shape index (κ2) is 4.95. The van der Waals surface area contributed by atoms with Crippen LogP contribution in [-0.4, -0.2) is 32.9 Å². The lowest BCUT2D eigenvalue weighted by molar-refractivity contribution is 0.519. The van der Waals surface area contributed by atoms with E-state index in [0.29, 0.717) is 11.3 Å². The molecule has 0 aliphatic heterocycles. The second-order valence-corrected chi connectivity index (χ2v) is 6.20. The van der Waals surface area contributed by atoms with Gasteiger partial charge in [0.25, 0.3) is 0 Å². The summed E-state index contributed by atoms with van der Waals surface area (Å²) < 4.78 is 25.3. The second-order valence-electron chi connectivity index (χ2n) is 4.08. The van der Waals surface area contributed by atoms with Crippen LogP contribution in [0.15, 0.2) is 29.2 Å². The van der Waals surface area contributed by atoms with Gasteiger partial charge in [0.05, 0.1) is 4.90 Å². The van der Waals surface area contributed by atoms with Gasteiger partial charge in [-0.15, -0.1) is 0 Å². The molecule has 4 nitrogen and oxygen atoms in total. The van der Waals surface area contributed by atoms with Crippen molar-refractivity contribution in [2.24, 2.45) is 5.73 Å². The predicted molar refractivity (Wildman–Crippen MR) is 64.7 cm³/mol. The fraction of sp³-hybridized carbons (Fsp3) is 0.455. The Hall–Kier alpha value is -0.910. The Bertz CT molecular complexity index is 453. The summed E-state index contributed by atoms with van der Waals surface area (Å²) in [6, 6.07) is 6.92. The number of nitrogens with two attached hydrogens (primary N) is 1. The van der Waals surface area contributed by atoms with E-state index < -0.39 is 10.0 Å². The molecular weight excluding hydrogens is 224 g/mol. The van der Waals surface area contributed by atoms with Crippen LogP contribution in [0.1, 0.15) is 12.5 Å². The molecular formula is C11H18N2O2S. The smallest absolute Gasteiger partial charge is 0.242 e. The molecule has 0 spiro atoms. The Kier molecular flexibility index (Phi) is 4.07. The van der Waals surface area contributed by atoms with Crippen molar-refractivity contribution in [3.63, 3.8) is 0 Å². The maximum atomic E-state index is 12.0.